The maximum absolute atomic E-state index is 11.4. The van der Waals surface area contributed by atoms with Crippen molar-refractivity contribution < 1.29 is 4.79 Å². The van der Waals surface area contributed by atoms with E-state index in [1.54, 1.807) is 0 Å². The molecule has 23 heavy (non-hydrogen) atoms. The Hall–Kier alpha value is -3.83. The number of hydrogen-bond acceptors (Lipinski definition) is 9. The molecule has 12 nitrogen and oxygen atoms in total. The molecule has 0 unspecified atom stereocenters. The molecule has 0 radical (unpaired) electrons. The second-order valence-corrected chi connectivity index (χ2v) is 4.35. The van der Waals surface area contributed by atoms with Crippen LogP contribution in [0.5, 0.6) is 0 Å². The standard InChI is InChI=1S/C11H7N11O/c12-7(23)5-6-9(17-3-15-6)20-11(18-5)22-21-10-13-1-4-8(19-10)16-2-14-4/h1-3H,(H2,12,23)(H,13,14,16,19)(H,15,17,18,20)/b22-21+. The van der Waals surface area contributed by atoms with E-state index < -0.39 is 5.91 Å². The van der Waals surface area contributed by atoms with Crippen LogP contribution in [0.1, 0.15) is 10.5 Å². The van der Waals surface area contributed by atoms with Crippen molar-refractivity contribution in [3.63, 3.8) is 0 Å². The quantitative estimate of drug-likeness (QED) is 0.462. The van der Waals surface area contributed by atoms with Gasteiger partial charge in [-0.2, -0.15) is 9.97 Å². The van der Waals surface area contributed by atoms with E-state index in [0.717, 1.165) is 0 Å². The van der Waals surface area contributed by atoms with Gasteiger partial charge in [0.15, 0.2) is 17.0 Å². The summed E-state index contributed by atoms with van der Waals surface area (Å²) in [6, 6.07) is 0. The summed E-state index contributed by atoms with van der Waals surface area (Å²) < 4.78 is 0. The normalized spacial score (nSPS) is 11.7. The zero-order valence-electron chi connectivity index (χ0n) is 11.3. The molecule has 0 fully saturated rings. The van der Waals surface area contributed by atoms with Gasteiger partial charge < -0.3 is 15.7 Å². The summed E-state index contributed by atoms with van der Waals surface area (Å²) >= 11 is 0. The van der Waals surface area contributed by atoms with Gasteiger partial charge in [-0.3, -0.25) is 4.79 Å². The summed E-state index contributed by atoms with van der Waals surface area (Å²) in [7, 11) is 0. The molecule has 4 N–H and O–H groups in total. The summed E-state index contributed by atoms with van der Waals surface area (Å²) in [5, 5.41) is 7.65. The monoisotopic (exact) mass is 309 g/mol. The summed E-state index contributed by atoms with van der Waals surface area (Å²) in [6.07, 6.45) is 4.39. The fourth-order valence-corrected chi connectivity index (χ4v) is 1.91. The maximum Gasteiger partial charge on any atom is 0.271 e. The number of H-pyrrole nitrogens is 2. The van der Waals surface area contributed by atoms with Crippen molar-refractivity contribution in [1.82, 2.24) is 39.9 Å². The highest BCUT2D eigenvalue weighted by molar-refractivity contribution is 6.01. The predicted octanol–water partition coefficient (Wildman–Crippen LogP) is 0.533. The Morgan fingerprint density at radius 2 is 1.70 bits per heavy atom. The number of imidazole rings is 2. The van der Waals surface area contributed by atoms with Crippen LogP contribution in [-0.2, 0) is 0 Å². The lowest BCUT2D eigenvalue weighted by molar-refractivity contribution is 0.0997. The molecular formula is C11H7N11O. The van der Waals surface area contributed by atoms with E-state index in [1.165, 1.54) is 18.9 Å². The van der Waals surface area contributed by atoms with Crippen molar-refractivity contribution in [3.05, 3.63) is 24.5 Å². The Balaban J connectivity index is 1.75. The Bertz CT molecular complexity index is 1060. The van der Waals surface area contributed by atoms with E-state index >= 15 is 0 Å². The fourth-order valence-electron chi connectivity index (χ4n) is 1.91. The minimum atomic E-state index is -0.729. The van der Waals surface area contributed by atoms with Gasteiger partial charge in [-0.1, -0.05) is 0 Å². The molecule has 0 aliphatic carbocycles. The summed E-state index contributed by atoms with van der Waals surface area (Å²) in [5.41, 5.74) is 6.98. The van der Waals surface area contributed by atoms with Crippen LogP contribution in [0.25, 0.3) is 22.3 Å². The number of nitrogens with one attached hydrogen (secondary N) is 2. The molecule has 0 aliphatic rings. The molecule has 4 aromatic heterocycles. The maximum atomic E-state index is 11.4. The minimum Gasteiger partial charge on any atom is -0.364 e. The Kier molecular flexibility index (Phi) is 2.73. The molecule has 0 bridgehead atoms. The molecular weight excluding hydrogens is 302 g/mol. The number of rotatable bonds is 3. The Morgan fingerprint density at radius 3 is 2.57 bits per heavy atom. The zero-order chi connectivity index (χ0) is 15.8. The third-order valence-corrected chi connectivity index (χ3v) is 2.90. The van der Waals surface area contributed by atoms with Crippen LogP contribution in [0.3, 0.4) is 0 Å². The number of carbonyl (C=O) groups excluding carboxylic acids is 1. The van der Waals surface area contributed by atoms with Gasteiger partial charge in [-0.05, 0) is 0 Å². The average molecular weight is 309 g/mol. The number of carbonyl (C=O) groups is 1. The highest BCUT2D eigenvalue weighted by atomic mass is 16.1. The highest BCUT2D eigenvalue weighted by Gasteiger charge is 2.14. The predicted molar refractivity (Wildman–Crippen MR) is 76.1 cm³/mol. The summed E-state index contributed by atoms with van der Waals surface area (Å²) in [5.74, 6) is -0.729. The summed E-state index contributed by atoms with van der Waals surface area (Å²) in [6.45, 7) is 0. The van der Waals surface area contributed by atoms with Gasteiger partial charge in [-0.15, -0.1) is 10.2 Å². The SMILES string of the molecule is NC(=O)c1nc(/N=N/c2ncc3[nH]cnc3n2)nc2nc[nH]c12. The molecule has 112 valence electrons. The van der Waals surface area contributed by atoms with Crippen LogP contribution < -0.4 is 5.73 Å². The number of amides is 1. The van der Waals surface area contributed by atoms with Gasteiger partial charge in [0, 0.05) is 0 Å². The molecule has 4 aromatic rings. The van der Waals surface area contributed by atoms with Crippen molar-refractivity contribution in [2.75, 3.05) is 0 Å². The molecule has 0 aromatic carbocycles. The van der Waals surface area contributed by atoms with E-state index in [9.17, 15) is 4.79 Å². The average Bonchev–Trinajstić information content (AvgIpc) is 3.20. The van der Waals surface area contributed by atoms with Crippen molar-refractivity contribution in [1.29, 1.82) is 0 Å². The van der Waals surface area contributed by atoms with E-state index in [-0.39, 0.29) is 23.2 Å². The largest absolute Gasteiger partial charge is 0.364 e. The molecule has 0 saturated heterocycles. The van der Waals surface area contributed by atoms with Gasteiger partial charge in [-0.25, -0.2) is 19.9 Å². The smallest absolute Gasteiger partial charge is 0.271 e. The number of primary amides is 1. The Morgan fingerprint density at radius 1 is 0.957 bits per heavy atom. The lowest BCUT2D eigenvalue weighted by Gasteiger charge is -1.97. The van der Waals surface area contributed by atoms with Crippen LogP contribution in [0.2, 0.25) is 0 Å². The number of aromatic amines is 2. The first-order valence-corrected chi connectivity index (χ1v) is 6.29. The first kappa shape index (κ1) is 12.9. The van der Waals surface area contributed by atoms with E-state index in [1.807, 2.05) is 0 Å². The molecule has 1 amide bonds. The number of hydrogen-bond donors (Lipinski definition) is 3. The Labute approximate surface area is 126 Å². The third kappa shape index (κ3) is 2.23. The second-order valence-electron chi connectivity index (χ2n) is 4.35. The van der Waals surface area contributed by atoms with E-state index in [4.69, 9.17) is 5.73 Å². The van der Waals surface area contributed by atoms with Crippen molar-refractivity contribution in [2.45, 2.75) is 0 Å². The van der Waals surface area contributed by atoms with E-state index in [0.29, 0.717) is 16.7 Å². The van der Waals surface area contributed by atoms with Gasteiger partial charge in [0.25, 0.3) is 17.8 Å². The number of nitrogens with zero attached hydrogens (tertiary/aromatic N) is 8. The third-order valence-electron chi connectivity index (χ3n) is 2.90. The van der Waals surface area contributed by atoms with Gasteiger partial charge in [0.1, 0.15) is 11.0 Å². The molecule has 0 saturated carbocycles. The molecule has 4 heterocycles. The van der Waals surface area contributed by atoms with Gasteiger partial charge in [0.2, 0.25) is 0 Å². The van der Waals surface area contributed by atoms with Crippen molar-refractivity contribution in [2.24, 2.45) is 16.0 Å². The van der Waals surface area contributed by atoms with Crippen LogP contribution in [0.4, 0.5) is 11.9 Å². The van der Waals surface area contributed by atoms with Crippen LogP contribution in [0, 0.1) is 0 Å². The van der Waals surface area contributed by atoms with E-state index in [2.05, 4.69) is 50.1 Å². The van der Waals surface area contributed by atoms with Crippen molar-refractivity contribution >= 4 is 40.1 Å². The minimum absolute atomic E-state index is 0.0230. The first-order valence-electron chi connectivity index (χ1n) is 6.29. The van der Waals surface area contributed by atoms with Gasteiger partial charge in [0.05, 0.1) is 18.9 Å². The fraction of sp³-hybridized carbons (Fsp3) is 0. The van der Waals surface area contributed by atoms with Crippen molar-refractivity contribution in [3.8, 4) is 0 Å². The zero-order valence-corrected chi connectivity index (χ0v) is 11.3. The number of aromatic nitrogens is 8. The first-order chi connectivity index (χ1) is 11.2. The number of fused-ring (bicyclic) bond motifs is 2. The number of azo groups is 1. The van der Waals surface area contributed by atoms with Crippen LogP contribution >= 0.6 is 0 Å². The van der Waals surface area contributed by atoms with Crippen LogP contribution in [0.15, 0.2) is 29.1 Å². The molecule has 0 aliphatic heterocycles. The molecule has 4 rings (SSSR count). The lowest BCUT2D eigenvalue weighted by Crippen LogP contribution is -2.14. The molecule has 12 heteroatoms. The lowest BCUT2D eigenvalue weighted by atomic mass is 10.3. The number of nitrogens with two attached hydrogens (primary N) is 1. The van der Waals surface area contributed by atoms with Gasteiger partial charge >= 0.3 is 0 Å². The van der Waals surface area contributed by atoms with Crippen LogP contribution in [-0.4, -0.2) is 45.8 Å². The highest BCUT2D eigenvalue weighted by Crippen LogP contribution is 2.17. The topological polar surface area (TPSA) is 177 Å². The molecule has 0 spiro atoms. The molecule has 0 atom stereocenters. The summed E-state index contributed by atoms with van der Waals surface area (Å²) in [4.78, 5) is 41.0. The second kappa shape index (κ2) is 4.87.